The average Bonchev–Trinajstić information content (AvgIpc) is 2.27. The molecule has 0 unspecified atom stereocenters. The molecule has 0 bridgehead atoms. The second kappa shape index (κ2) is 11.3. The average molecular weight is 215 g/mol. The van der Waals surface area contributed by atoms with Gasteiger partial charge in [-0.3, -0.25) is 4.99 Å². The first-order valence-electron chi connectivity index (χ1n) is 5.86. The van der Waals surface area contributed by atoms with E-state index in [1.807, 2.05) is 0 Å². The third-order valence-corrected chi connectivity index (χ3v) is 1.85. The van der Waals surface area contributed by atoms with Crippen molar-refractivity contribution >= 4 is 5.96 Å². The Kier molecular flexibility index (Phi) is 10.7. The van der Waals surface area contributed by atoms with Gasteiger partial charge in [0.15, 0.2) is 5.96 Å². The fourth-order valence-electron chi connectivity index (χ4n) is 1.06. The molecule has 0 spiro atoms. The number of ether oxygens (including phenoxy) is 1. The molecule has 0 aliphatic heterocycles. The van der Waals surface area contributed by atoms with E-state index in [4.69, 9.17) is 4.74 Å². The Balaban J connectivity index is 3.69. The molecule has 0 aromatic rings. The number of aliphatic imine (C=N–C) groups is 1. The van der Waals surface area contributed by atoms with E-state index in [-0.39, 0.29) is 0 Å². The topological polar surface area (TPSA) is 45.7 Å². The van der Waals surface area contributed by atoms with E-state index in [1.54, 1.807) is 7.11 Å². The summed E-state index contributed by atoms with van der Waals surface area (Å²) in [5, 5.41) is 6.56. The molecular weight excluding hydrogens is 190 g/mol. The Morgan fingerprint density at radius 3 is 2.47 bits per heavy atom. The van der Waals surface area contributed by atoms with Crippen LogP contribution in [0.25, 0.3) is 0 Å². The summed E-state index contributed by atoms with van der Waals surface area (Å²) in [6.45, 7) is 7.83. The van der Waals surface area contributed by atoms with Gasteiger partial charge in [-0.05, 0) is 19.3 Å². The number of guanidine groups is 1. The number of hydrogen-bond acceptors (Lipinski definition) is 2. The molecule has 0 saturated carbocycles. The zero-order valence-electron chi connectivity index (χ0n) is 10.3. The van der Waals surface area contributed by atoms with Crippen molar-refractivity contribution < 1.29 is 4.74 Å². The van der Waals surface area contributed by atoms with Crippen LogP contribution in [0.5, 0.6) is 0 Å². The molecule has 0 aromatic carbocycles. The second-order valence-electron chi connectivity index (χ2n) is 3.43. The van der Waals surface area contributed by atoms with Crippen molar-refractivity contribution in [2.24, 2.45) is 4.99 Å². The smallest absolute Gasteiger partial charge is 0.191 e. The molecule has 4 heteroatoms. The Bertz CT molecular complexity index is 160. The van der Waals surface area contributed by atoms with E-state index >= 15 is 0 Å². The number of methoxy groups -OCH3 is 1. The molecule has 4 nitrogen and oxygen atoms in total. The lowest BCUT2D eigenvalue weighted by Gasteiger charge is -2.11. The molecule has 0 aliphatic rings. The molecule has 0 saturated heterocycles. The van der Waals surface area contributed by atoms with Gasteiger partial charge in [0.1, 0.15) is 0 Å². The third-order valence-electron chi connectivity index (χ3n) is 1.85. The van der Waals surface area contributed by atoms with E-state index in [2.05, 4.69) is 29.5 Å². The largest absolute Gasteiger partial charge is 0.385 e. The highest BCUT2D eigenvalue weighted by molar-refractivity contribution is 5.79. The van der Waals surface area contributed by atoms with Gasteiger partial charge in [0, 0.05) is 33.4 Å². The minimum atomic E-state index is 0.793. The van der Waals surface area contributed by atoms with Crippen molar-refractivity contribution in [1.29, 1.82) is 0 Å². The van der Waals surface area contributed by atoms with Crippen molar-refractivity contribution in [3.05, 3.63) is 0 Å². The van der Waals surface area contributed by atoms with Gasteiger partial charge in [0.25, 0.3) is 0 Å². The molecule has 90 valence electrons. The second-order valence-corrected chi connectivity index (χ2v) is 3.43. The van der Waals surface area contributed by atoms with Gasteiger partial charge >= 0.3 is 0 Å². The van der Waals surface area contributed by atoms with Gasteiger partial charge in [0.2, 0.25) is 0 Å². The van der Waals surface area contributed by atoms with Crippen molar-refractivity contribution in [2.75, 3.05) is 33.4 Å². The van der Waals surface area contributed by atoms with Gasteiger partial charge in [0.05, 0.1) is 0 Å². The summed E-state index contributed by atoms with van der Waals surface area (Å²) in [7, 11) is 1.72. The molecule has 0 radical (unpaired) electrons. The molecule has 15 heavy (non-hydrogen) atoms. The van der Waals surface area contributed by atoms with Crippen LogP contribution in [0.15, 0.2) is 4.99 Å². The predicted molar refractivity (Wildman–Crippen MR) is 65.4 cm³/mol. The Hall–Kier alpha value is -0.770. The zero-order chi connectivity index (χ0) is 11.4. The highest BCUT2D eigenvalue weighted by Crippen LogP contribution is 1.82. The lowest BCUT2D eigenvalue weighted by Crippen LogP contribution is -2.38. The Morgan fingerprint density at radius 2 is 1.87 bits per heavy atom. The third kappa shape index (κ3) is 9.53. The van der Waals surface area contributed by atoms with Crippen LogP contribution in [0.3, 0.4) is 0 Å². The van der Waals surface area contributed by atoms with Crippen LogP contribution in [0.1, 0.15) is 33.1 Å². The molecule has 0 fully saturated rings. The summed E-state index contributed by atoms with van der Waals surface area (Å²) in [5.41, 5.74) is 0. The van der Waals surface area contributed by atoms with Crippen molar-refractivity contribution in [3.63, 3.8) is 0 Å². The van der Waals surface area contributed by atoms with Crippen molar-refractivity contribution in [2.45, 2.75) is 33.1 Å². The maximum Gasteiger partial charge on any atom is 0.191 e. The molecule has 0 aliphatic carbocycles. The fourth-order valence-corrected chi connectivity index (χ4v) is 1.06. The van der Waals surface area contributed by atoms with Crippen LogP contribution < -0.4 is 10.6 Å². The van der Waals surface area contributed by atoms with E-state index in [0.717, 1.165) is 51.5 Å². The van der Waals surface area contributed by atoms with Crippen molar-refractivity contribution in [1.82, 2.24) is 10.6 Å². The van der Waals surface area contributed by atoms with E-state index in [0.29, 0.717) is 0 Å². The summed E-state index contributed by atoms with van der Waals surface area (Å²) in [6, 6.07) is 0. The summed E-state index contributed by atoms with van der Waals surface area (Å²) in [4.78, 5) is 4.43. The summed E-state index contributed by atoms with van der Waals surface area (Å²) < 4.78 is 4.99. The SMILES string of the molecule is CCCN=C(NCCC)NCCCOC. The molecule has 0 amide bonds. The van der Waals surface area contributed by atoms with Crippen LogP contribution in [0, 0.1) is 0 Å². The maximum atomic E-state index is 4.99. The monoisotopic (exact) mass is 215 g/mol. The van der Waals surface area contributed by atoms with Crippen LogP contribution in [-0.4, -0.2) is 39.3 Å². The van der Waals surface area contributed by atoms with Gasteiger partial charge < -0.3 is 15.4 Å². The molecule has 0 rings (SSSR count). The Labute approximate surface area is 93.5 Å². The lowest BCUT2D eigenvalue weighted by atomic mass is 10.4. The quantitative estimate of drug-likeness (QED) is 0.365. The van der Waals surface area contributed by atoms with E-state index < -0.39 is 0 Å². The van der Waals surface area contributed by atoms with Gasteiger partial charge in [-0.1, -0.05) is 13.8 Å². The molecule has 0 heterocycles. The standard InChI is InChI=1S/C11H25N3O/c1-4-7-12-11(13-8-5-2)14-9-6-10-15-3/h4-10H2,1-3H3,(H2,12,13,14). The first-order valence-corrected chi connectivity index (χ1v) is 5.86. The molecule has 2 N–H and O–H groups in total. The fraction of sp³-hybridized carbons (Fsp3) is 0.909. The van der Waals surface area contributed by atoms with E-state index in [9.17, 15) is 0 Å². The molecule has 0 aromatic heterocycles. The Morgan fingerprint density at radius 1 is 1.13 bits per heavy atom. The van der Waals surface area contributed by atoms with Gasteiger partial charge in [-0.2, -0.15) is 0 Å². The number of nitrogens with zero attached hydrogens (tertiary/aromatic N) is 1. The van der Waals surface area contributed by atoms with E-state index in [1.165, 1.54) is 0 Å². The van der Waals surface area contributed by atoms with Crippen molar-refractivity contribution in [3.8, 4) is 0 Å². The predicted octanol–water partition coefficient (Wildman–Crippen LogP) is 1.38. The highest BCUT2D eigenvalue weighted by atomic mass is 16.5. The van der Waals surface area contributed by atoms with Crippen LogP contribution in [0.4, 0.5) is 0 Å². The summed E-state index contributed by atoms with van der Waals surface area (Å²) in [6.07, 6.45) is 3.21. The minimum absolute atomic E-state index is 0.793. The van der Waals surface area contributed by atoms with Crippen LogP contribution in [0.2, 0.25) is 0 Å². The molecule has 0 atom stereocenters. The number of nitrogens with one attached hydrogen (secondary N) is 2. The summed E-state index contributed by atoms with van der Waals surface area (Å²) in [5.74, 6) is 0.926. The minimum Gasteiger partial charge on any atom is -0.385 e. The summed E-state index contributed by atoms with van der Waals surface area (Å²) >= 11 is 0. The first kappa shape index (κ1) is 14.2. The molecular formula is C11H25N3O. The first-order chi connectivity index (χ1) is 7.35. The maximum absolute atomic E-state index is 4.99. The van der Waals surface area contributed by atoms with Gasteiger partial charge in [-0.25, -0.2) is 0 Å². The normalized spacial score (nSPS) is 11.5. The highest BCUT2D eigenvalue weighted by Gasteiger charge is 1.95. The number of hydrogen-bond donors (Lipinski definition) is 2. The zero-order valence-corrected chi connectivity index (χ0v) is 10.3. The van der Waals surface area contributed by atoms with Crippen LogP contribution >= 0.6 is 0 Å². The van der Waals surface area contributed by atoms with Crippen LogP contribution in [-0.2, 0) is 4.74 Å². The lowest BCUT2D eigenvalue weighted by molar-refractivity contribution is 0.195. The van der Waals surface area contributed by atoms with Gasteiger partial charge in [-0.15, -0.1) is 0 Å². The number of rotatable bonds is 8.